The average molecular weight is 537 g/mol. The largest absolute Gasteiger partial charge is 0.325 e. The number of nitrogens with zero attached hydrogens (tertiary/aromatic N) is 3. The molecule has 0 saturated carbocycles. The first-order valence-corrected chi connectivity index (χ1v) is 14.0. The van der Waals surface area contributed by atoms with Gasteiger partial charge in [-0.15, -0.1) is 0 Å². The summed E-state index contributed by atoms with van der Waals surface area (Å²) in [5, 5.41) is 3.70. The molecule has 0 aliphatic heterocycles. The van der Waals surface area contributed by atoms with Crippen molar-refractivity contribution >= 4 is 44.3 Å². The fourth-order valence-electron chi connectivity index (χ4n) is 3.99. The number of amides is 1. The van der Waals surface area contributed by atoms with Crippen molar-refractivity contribution in [2.45, 2.75) is 30.8 Å². The molecule has 0 fully saturated rings. The van der Waals surface area contributed by atoms with Crippen LogP contribution in [-0.4, -0.2) is 48.0 Å². The lowest BCUT2D eigenvalue weighted by molar-refractivity contribution is -0.113. The van der Waals surface area contributed by atoms with Gasteiger partial charge in [0.1, 0.15) is 0 Å². The summed E-state index contributed by atoms with van der Waals surface area (Å²) in [5.41, 5.74) is 4.06. The molecule has 0 bridgehead atoms. The van der Waals surface area contributed by atoms with Crippen LogP contribution in [0.4, 0.5) is 5.69 Å². The van der Waals surface area contributed by atoms with Crippen LogP contribution in [-0.2, 0) is 14.8 Å². The number of nitrogens with one attached hydrogen (secondary N) is 1. The molecule has 0 atom stereocenters. The predicted octanol–water partition coefficient (Wildman–Crippen LogP) is 4.29. The minimum Gasteiger partial charge on any atom is -0.325 e. The van der Waals surface area contributed by atoms with Gasteiger partial charge in [0.2, 0.25) is 15.9 Å². The number of para-hydroxylation sites is 2. The number of hydrogen-bond acceptors (Lipinski definition) is 6. The standard InChI is InChI=1S/C27H28N4O4S2/c1-17-13-14-20(37(34,35)30(4)5)15-23(17)28-24(32)16-36-27-29-22-12-7-6-11-21(22)26(33)31(27)25-18(2)9-8-10-19(25)3/h6-15H,16H2,1-5H3,(H,28,32). The molecule has 1 aromatic heterocycles. The smallest absolute Gasteiger partial charge is 0.266 e. The Morgan fingerprint density at radius 3 is 2.32 bits per heavy atom. The minimum atomic E-state index is -3.65. The van der Waals surface area contributed by atoms with E-state index < -0.39 is 10.0 Å². The van der Waals surface area contributed by atoms with Crippen molar-refractivity contribution in [2.75, 3.05) is 25.2 Å². The second kappa shape index (κ2) is 10.5. The Morgan fingerprint density at radius 2 is 1.65 bits per heavy atom. The van der Waals surface area contributed by atoms with Crippen molar-refractivity contribution in [1.82, 2.24) is 13.9 Å². The van der Waals surface area contributed by atoms with Crippen molar-refractivity contribution in [1.29, 1.82) is 0 Å². The van der Waals surface area contributed by atoms with Gasteiger partial charge in [0.05, 0.1) is 27.2 Å². The van der Waals surface area contributed by atoms with E-state index in [4.69, 9.17) is 4.98 Å². The number of carbonyl (C=O) groups excluding carboxylic acids is 1. The van der Waals surface area contributed by atoms with E-state index >= 15 is 0 Å². The molecule has 3 aromatic carbocycles. The minimum absolute atomic E-state index is 0.0280. The molecule has 4 aromatic rings. The molecule has 1 N–H and O–H groups in total. The van der Waals surface area contributed by atoms with Gasteiger partial charge in [0.25, 0.3) is 5.56 Å². The summed E-state index contributed by atoms with van der Waals surface area (Å²) in [6.07, 6.45) is 0. The van der Waals surface area contributed by atoms with Crippen LogP contribution in [0.15, 0.2) is 75.5 Å². The van der Waals surface area contributed by atoms with E-state index in [-0.39, 0.29) is 22.1 Å². The van der Waals surface area contributed by atoms with Crippen LogP contribution in [0.5, 0.6) is 0 Å². The Labute approximate surface area is 220 Å². The molecular weight excluding hydrogens is 508 g/mol. The summed E-state index contributed by atoms with van der Waals surface area (Å²) >= 11 is 1.15. The molecule has 0 radical (unpaired) electrons. The number of hydrogen-bond donors (Lipinski definition) is 1. The molecule has 0 aliphatic carbocycles. The number of thioether (sulfide) groups is 1. The second-order valence-corrected chi connectivity index (χ2v) is 12.0. The molecular formula is C27H28N4O4S2. The summed E-state index contributed by atoms with van der Waals surface area (Å²) in [6.45, 7) is 5.66. The van der Waals surface area contributed by atoms with Gasteiger partial charge in [-0.05, 0) is 61.7 Å². The summed E-state index contributed by atoms with van der Waals surface area (Å²) < 4.78 is 27.7. The number of anilines is 1. The fraction of sp³-hybridized carbons (Fsp3) is 0.222. The Kier molecular flexibility index (Phi) is 7.54. The molecule has 37 heavy (non-hydrogen) atoms. The summed E-state index contributed by atoms with van der Waals surface area (Å²) in [5.74, 6) is -0.372. The van der Waals surface area contributed by atoms with Crippen LogP contribution in [0.1, 0.15) is 16.7 Å². The lowest BCUT2D eigenvalue weighted by atomic mass is 10.1. The van der Waals surface area contributed by atoms with Crippen LogP contribution in [0.25, 0.3) is 16.6 Å². The van der Waals surface area contributed by atoms with Crippen LogP contribution in [0.2, 0.25) is 0 Å². The first-order valence-electron chi connectivity index (χ1n) is 11.5. The Balaban J connectivity index is 1.68. The zero-order chi connectivity index (χ0) is 26.9. The molecule has 0 saturated heterocycles. The zero-order valence-corrected chi connectivity index (χ0v) is 22.9. The number of fused-ring (bicyclic) bond motifs is 1. The van der Waals surface area contributed by atoms with Crippen LogP contribution >= 0.6 is 11.8 Å². The van der Waals surface area contributed by atoms with Crippen LogP contribution in [0, 0.1) is 20.8 Å². The van der Waals surface area contributed by atoms with E-state index in [9.17, 15) is 18.0 Å². The molecule has 192 valence electrons. The first kappa shape index (κ1) is 26.6. The van der Waals surface area contributed by atoms with E-state index in [0.29, 0.717) is 21.7 Å². The topological polar surface area (TPSA) is 101 Å². The molecule has 0 unspecified atom stereocenters. The summed E-state index contributed by atoms with van der Waals surface area (Å²) in [6, 6.07) is 17.5. The van der Waals surface area contributed by atoms with Crippen molar-refractivity contribution in [3.63, 3.8) is 0 Å². The third-order valence-electron chi connectivity index (χ3n) is 6.00. The van der Waals surface area contributed by atoms with Gasteiger partial charge in [0.15, 0.2) is 5.16 Å². The molecule has 0 aliphatic rings. The van der Waals surface area contributed by atoms with Gasteiger partial charge in [-0.3, -0.25) is 14.2 Å². The van der Waals surface area contributed by atoms with Crippen LogP contribution in [0.3, 0.4) is 0 Å². The number of aromatic nitrogens is 2. The van der Waals surface area contributed by atoms with Gasteiger partial charge in [-0.2, -0.15) is 0 Å². The number of sulfonamides is 1. The highest BCUT2D eigenvalue weighted by molar-refractivity contribution is 7.99. The monoisotopic (exact) mass is 536 g/mol. The van der Waals surface area contributed by atoms with Gasteiger partial charge in [-0.1, -0.05) is 48.2 Å². The summed E-state index contributed by atoms with van der Waals surface area (Å²) in [4.78, 5) is 31.3. The average Bonchev–Trinajstić information content (AvgIpc) is 2.85. The fourth-order valence-corrected chi connectivity index (χ4v) is 5.72. The Hall–Kier alpha value is -3.47. The van der Waals surface area contributed by atoms with Gasteiger partial charge in [0, 0.05) is 19.8 Å². The molecule has 1 amide bonds. The number of rotatable bonds is 7. The van der Waals surface area contributed by atoms with E-state index in [2.05, 4.69) is 5.32 Å². The maximum Gasteiger partial charge on any atom is 0.266 e. The Morgan fingerprint density at radius 1 is 0.973 bits per heavy atom. The van der Waals surface area contributed by atoms with Crippen molar-refractivity contribution in [3.05, 3.63) is 87.7 Å². The third-order valence-corrected chi connectivity index (χ3v) is 8.75. The predicted molar refractivity (Wildman–Crippen MR) is 148 cm³/mol. The van der Waals surface area contributed by atoms with Crippen molar-refractivity contribution in [3.8, 4) is 5.69 Å². The highest BCUT2D eigenvalue weighted by atomic mass is 32.2. The third kappa shape index (κ3) is 5.31. The highest BCUT2D eigenvalue weighted by Crippen LogP contribution is 2.26. The lowest BCUT2D eigenvalue weighted by Gasteiger charge is -2.17. The van der Waals surface area contributed by atoms with Gasteiger partial charge in [-0.25, -0.2) is 17.7 Å². The maximum absolute atomic E-state index is 13.6. The zero-order valence-electron chi connectivity index (χ0n) is 21.3. The number of aryl methyl sites for hydroxylation is 3. The lowest BCUT2D eigenvalue weighted by Crippen LogP contribution is -2.24. The second-order valence-electron chi connectivity index (χ2n) is 8.89. The van der Waals surface area contributed by atoms with Gasteiger partial charge >= 0.3 is 0 Å². The van der Waals surface area contributed by atoms with Crippen molar-refractivity contribution < 1.29 is 13.2 Å². The Bertz CT molecular complexity index is 1660. The number of benzene rings is 3. The molecule has 0 spiro atoms. The normalized spacial score (nSPS) is 11.7. The van der Waals surface area contributed by atoms with Gasteiger partial charge < -0.3 is 5.32 Å². The van der Waals surface area contributed by atoms with E-state index in [0.717, 1.165) is 38.4 Å². The molecule has 4 rings (SSSR count). The van der Waals surface area contributed by atoms with E-state index in [1.807, 2.05) is 38.1 Å². The quantitative estimate of drug-likeness (QED) is 0.279. The van der Waals surface area contributed by atoms with Crippen LogP contribution < -0.4 is 10.9 Å². The van der Waals surface area contributed by atoms with E-state index in [1.165, 1.54) is 26.2 Å². The number of carbonyl (C=O) groups is 1. The molecule has 1 heterocycles. The SMILES string of the molecule is Cc1ccc(S(=O)(=O)N(C)C)cc1NC(=O)CSc1nc2ccccc2c(=O)n1-c1c(C)cccc1C. The molecule has 10 heteroatoms. The summed E-state index contributed by atoms with van der Waals surface area (Å²) in [7, 11) is -0.739. The van der Waals surface area contributed by atoms with E-state index in [1.54, 1.807) is 35.8 Å². The highest BCUT2D eigenvalue weighted by Gasteiger charge is 2.20. The molecule has 8 nitrogen and oxygen atoms in total. The maximum atomic E-state index is 13.6. The first-order chi connectivity index (χ1) is 17.5. The van der Waals surface area contributed by atoms with Crippen molar-refractivity contribution in [2.24, 2.45) is 0 Å².